The molecule has 4 heteroatoms. The summed E-state index contributed by atoms with van der Waals surface area (Å²) in [6, 6.07) is 9.14. The number of hydrogen-bond donors (Lipinski definition) is 1. The first-order valence-corrected chi connectivity index (χ1v) is 3.96. The van der Waals surface area contributed by atoms with E-state index in [-0.39, 0.29) is 6.51 Å². The summed E-state index contributed by atoms with van der Waals surface area (Å²) in [4.78, 5) is 0. The summed E-state index contributed by atoms with van der Waals surface area (Å²) in [6.45, 7) is -0.523. The number of hydrogen-bond acceptors (Lipinski definition) is 3. The van der Waals surface area contributed by atoms with E-state index in [0.717, 1.165) is 5.46 Å². The van der Waals surface area contributed by atoms with Gasteiger partial charge in [-0.15, -0.1) is 0 Å². The molecule has 1 rings (SSSR count). The minimum absolute atomic E-state index is 0.116. The second kappa shape index (κ2) is 4.66. The maximum atomic E-state index is 8.97. The van der Waals surface area contributed by atoms with E-state index in [1.165, 1.54) is 7.11 Å². The molecule has 0 aromatic heterocycles. The van der Waals surface area contributed by atoms with Crippen LogP contribution in [0.1, 0.15) is 5.56 Å². The highest BCUT2D eigenvalue weighted by molar-refractivity contribution is 6.67. The summed E-state index contributed by atoms with van der Waals surface area (Å²) < 4.78 is 5.03. The Hall–Kier alpha value is -1.31. The second-order valence-corrected chi connectivity index (χ2v) is 2.61. The Morgan fingerprint density at radius 2 is 2.23 bits per heavy atom. The van der Waals surface area contributed by atoms with Crippen LogP contribution >= 0.6 is 0 Å². The minimum Gasteiger partial charge on any atom is -0.432 e. The van der Waals surface area contributed by atoms with Gasteiger partial charge in [-0.1, -0.05) is 18.2 Å². The lowest BCUT2D eigenvalue weighted by atomic mass is 9.60. The number of aliphatic hydroxyl groups excluding tert-OH is 1. The highest BCUT2D eigenvalue weighted by Gasteiger charge is 2.18. The maximum absolute atomic E-state index is 8.97. The van der Waals surface area contributed by atoms with Crippen LogP contribution in [-0.4, -0.2) is 25.6 Å². The van der Waals surface area contributed by atoms with Crippen molar-refractivity contribution in [3.63, 3.8) is 0 Å². The number of nitrogens with zero attached hydrogens (tertiary/aromatic N) is 1. The van der Waals surface area contributed by atoms with Crippen LogP contribution in [-0.2, 0) is 4.65 Å². The Bertz CT molecular complexity index is 318. The Morgan fingerprint density at radius 1 is 1.54 bits per heavy atom. The van der Waals surface area contributed by atoms with Crippen LogP contribution in [0.2, 0.25) is 0 Å². The zero-order valence-electron chi connectivity index (χ0n) is 7.40. The predicted molar refractivity (Wildman–Crippen MR) is 50.6 cm³/mol. The summed E-state index contributed by atoms with van der Waals surface area (Å²) in [7, 11) is 1.51. The van der Waals surface area contributed by atoms with E-state index in [2.05, 4.69) is 6.07 Å². The smallest absolute Gasteiger partial charge is 0.354 e. The van der Waals surface area contributed by atoms with Crippen LogP contribution in [0.25, 0.3) is 0 Å². The fraction of sp³-hybridized carbons (Fsp3) is 0.222. The number of rotatable bonds is 3. The predicted octanol–water partition coefficient (Wildman–Crippen LogP) is -0.0653. The Morgan fingerprint density at radius 3 is 2.77 bits per heavy atom. The Kier molecular flexibility index (Phi) is 3.50. The van der Waals surface area contributed by atoms with Crippen molar-refractivity contribution in [3.05, 3.63) is 29.8 Å². The molecule has 0 saturated carbocycles. The van der Waals surface area contributed by atoms with E-state index in [1.54, 1.807) is 18.2 Å². The summed E-state index contributed by atoms with van der Waals surface area (Å²) >= 11 is 0. The van der Waals surface area contributed by atoms with E-state index in [4.69, 9.17) is 15.0 Å². The van der Waals surface area contributed by atoms with Gasteiger partial charge in [0.05, 0.1) is 12.6 Å². The molecule has 0 bridgehead atoms. The Balaban J connectivity index is 3.05. The molecule has 0 fully saturated rings. The van der Waals surface area contributed by atoms with Crippen LogP contribution in [0.4, 0.5) is 0 Å². The lowest BCUT2D eigenvalue weighted by Gasteiger charge is -2.09. The van der Waals surface area contributed by atoms with Gasteiger partial charge >= 0.3 is 6.92 Å². The standard InChI is InChI=1S/C9H10BNO2/c1-13-10(7-12)9-5-3-2-4-8(9)6-11/h2-5,12H,7H2,1H3. The topological polar surface area (TPSA) is 53.2 Å². The number of benzene rings is 1. The highest BCUT2D eigenvalue weighted by Crippen LogP contribution is 1.96. The molecule has 0 heterocycles. The van der Waals surface area contributed by atoms with Crippen molar-refractivity contribution in [1.29, 1.82) is 5.26 Å². The second-order valence-electron chi connectivity index (χ2n) is 2.61. The minimum atomic E-state index is -0.407. The quantitative estimate of drug-likeness (QED) is 0.654. The molecule has 0 aliphatic carbocycles. The molecule has 66 valence electrons. The first kappa shape index (κ1) is 9.78. The van der Waals surface area contributed by atoms with Crippen LogP contribution in [0.5, 0.6) is 0 Å². The van der Waals surface area contributed by atoms with E-state index in [1.807, 2.05) is 6.07 Å². The van der Waals surface area contributed by atoms with Crippen molar-refractivity contribution >= 4 is 12.4 Å². The lowest BCUT2D eigenvalue weighted by molar-refractivity contribution is 0.322. The molecule has 1 aromatic rings. The summed E-state index contributed by atoms with van der Waals surface area (Å²) in [5.74, 6) is 0. The van der Waals surface area contributed by atoms with Crippen molar-refractivity contribution in [3.8, 4) is 6.07 Å². The van der Waals surface area contributed by atoms with Gasteiger partial charge in [-0.2, -0.15) is 5.26 Å². The van der Waals surface area contributed by atoms with Crippen molar-refractivity contribution in [1.82, 2.24) is 0 Å². The monoisotopic (exact) mass is 175 g/mol. The molecule has 0 spiro atoms. The van der Waals surface area contributed by atoms with Crippen LogP contribution in [0.15, 0.2) is 24.3 Å². The summed E-state index contributed by atoms with van der Waals surface area (Å²) in [5.41, 5.74) is 1.28. The molecule has 0 aliphatic rings. The first-order chi connectivity index (χ1) is 6.33. The fourth-order valence-electron chi connectivity index (χ4n) is 1.18. The summed E-state index contributed by atoms with van der Waals surface area (Å²) in [5, 5.41) is 17.7. The van der Waals surface area contributed by atoms with Gasteiger partial charge in [0.2, 0.25) is 0 Å². The van der Waals surface area contributed by atoms with E-state index in [9.17, 15) is 0 Å². The SMILES string of the molecule is COB(CO)c1ccccc1C#N. The highest BCUT2D eigenvalue weighted by atomic mass is 16.4. The maximum Gasteiger partial charge on any atom is 0.354 e. The Labute approximate surface area is 77.7 Å². The third-order valence-electron chi connectivity index (χ3n) is 1.88. The van der Waals surface area contributed by atoms with Crippen LogP contribution < -0.4 is 5.46 Å². The molecule has 3 nitrogen and oxygen atoms in total. The van der Waals surface area contributed by atoms with Crippen molar-refractivity contribution in [2.75, 3.05) is 13.6 Å². The van der Waals surface area contributed by atoms with Gasteiger partial charge in [0.25, 0.3) is 0 Å². The van der Waals surface area contributed by atoms with E-state index < -0.39 is 6.92 Å². The molecule has 0 saturated heterocycles. The zero-order valence-corrected chi connectivity index (χ0v) is 7.40. The average molecular weight is 175 g/mol. The summed E-state index contributed by atoms with van der Waals surface area (Å²) in [6.07, 6.45) is 0. The third kappa shape index (κ3) is 2.08. The molecule has 0 unspecified atom stereocenters. The first-order valence-electron chi connectivity index (χ1n) is 3.96. The normalized spacial score (nSPS) is 9.31. The van der Waals surface area contributed by atoms with Crippen molar-refractivity contribution < 1.29 is 9.76 Å². The van der Waals surface area contributed by atoms with Crippen LogP contribution in [0, 0.1) is 11.3 Å². The average Bonchev–Trinajstić information content (AvgIpc) is 2.20. The molecule has 0 radical (unpaired) electrons. The number of nitriles is 1. The molecular formula is C9H10BNO2. The van der Waals surface area contributed by atoms with Crippen molar-refractivity contribution in [2.45, 2.75) is 0 Å². The number of aliphatic hydroxyl groups is 1. The largest absolute Gasteiger partial charge is 0.432 e. The zero-order chi connectivity index (χ0) is 9.68. The van der Waals surface area contributed by atoms with E-state index >= 15 is 0 Å². The molecule has 0 aliphatic heterocycles. The molecule has 0 amide bonds. The van der Waals surface area contributed by atoms with E-state index in [0.29, 0.717) is 5.56 Å². The van der Waals surface area contributed by atoms with Gasteiger partial charge in [-0.3, -0.25) is 0 Å². The van der Waals surface area contributed by atoms with Crippen molar-refractivity contribution in [2.24, 2.45) is 0 Å². The van der Waals surface area contributed by atoms with Gasteiger partial charge in [0.15, 0.2) is 0 Å². The van der Waals surface area contributed by atoms with Gasteiger partial charge in [-0.25, -0.2) is 0 Å². The molecule has 13 heavy (non-hydrogen) atoms. The van der Waals surface area contributed by atoms with Gasteiger partial charge in [-0.05, 0) is 11.5 Å². The lowest BCUT2D eigenvalue weighted by Crippen LogP contribution is -2.38. The van der Waals surface area contributed by atoms with Gasteiger partial charge in [0.1, 0.15) is 0 Å². The fourth-order valence-corrected chi connectivity index (χ4v) is 1.18. The van der Waals surface area contributed by atoms with Gasteiger partial charge < -0.3 is 9.76 Å². The third-order valence-corrected chi connectivity index (χ3v) is 1.88. The molecular weight excluding hydrogens is 165 g/mol. The molecule has 0 atom stereocenters. The molecule has 1 N–H and O–H groups in total. The van der Waals surface area contributed by atoms with Crippen LogP contribution in [0.3, 0.4) is 0 Å². The van der Waals surface area contributed by atoms with Gasteiger partial charge in [0, 0.05) is 12.7 Å². The molecule has 1 aromatic carbocycles.